The molecule has 140 valence electrons. The molecule has 1 fully saturated rings. The first-order chi connectivity index (χ1) is 11.9. The zero-order chi connectivity index (χ0) is 18.3. The van der Waals surface area contributed by atoms with E-state index in [9.17, 15) is 4.79 Å². The molecule has 0 aromatic heterocycles. The minimum atomic E-state index is -0.510. The van der Waals surface area contributed by atoms with Crippen molar-refractivity contribution in [1.82, 2.24) is 0 Å². The van der Waals surface area contributed by atoms with Gasteiger partial charge in [0.25, 0.3) is 0 Å². The fourth-order valence-electron chi connectivity index (χ4n) is 2.24. The van der Waals surface area contributed by atoms with Crippen LogP contribution < -0.4 is 4.74 Å². The van der Waals surface area contributed by atoms with E-state index in [0.717, 1.165) is 11.3 Å². The maximum atomic E-state index is 11.9. The Morgan fingerprint density at radius 2 is 1.68 bits per heavy atom. The van der Waals surface area contributed by atoms with E-state index in [0.29, 0.717) is 33.0 Å². The van der Waals surface area contributed by atoms with Crippen LogP contribution in [0.5, 0.6) is 5.75 Å². The SMILES string of the molecule is CCOCCOCCOc1ccc([C@H]2O[C@@H]2C(=O)OC(C)(C)C)cc1. The topological polar surface area (TPSA) is 66.5 Å². The van der Waals surface area contributed by atoms with Gasteiger partial charge in [-0.05, 0) is 45.4 Å². The van der Waals surface area contributed by atoms with Crippen LogP contribution in [0.4, 0.5) is 0 Å². The van der Waals surface area contributed by atoms with Gasteiger partial charge in [-0.3, -0.25) is 0 Å². The summed E-state index contributed by atoms with van der Waals surface area (Å²) < 4.78 is 27.0. The van der Waals surface area contributed by atoms with Crippen molar-refractivity contribution in [1.29, 1.82) is 0 Å². The van der Waals surface area contributed by atoms with Crippen LogP contribution in [0.3, 0.4) is 0 Å². The Morgan fingerprint density at radius 1 is 1.04 bits per heavy atom. The highest BCUT2D eigenvalue weighted by Gasteiger charge is 2.48. The molecule has 1 saturated heterocycles. The van der Waals surface area contributed by atoms with Crippen molar-refractivity contribution in [2.75, 3.05) is 33.0 Å². The molecule has 1 aromatic rings. The second-order valence-corrected chi connectivity index (χ2v) is 6.74. The van der Waals surface area contributed by atoms with Gasteiger partial charge in [0.2, 0.25) is 0 Å². The normalized spacial score (nSPS) is 19.5. The molecular formula is C19H28O6. The molecule has 2 atom stereocenters. The number of hydrogen-bond donors (Lipinski definition) is 0. The van der Waals surface area contributed by atoms with E-state index in [-0.39, 0.29) is 12.1 Å². The Bertz CT molecular complexity index is 534. The summed E-state index contributed by atoms with van der Waals surface area (Å²) in [7, 11) is 0. The lowest BCUT2D eigenvalue weighted by Crippen LogP contribution is -2.26. The summed E-state index contributed by atoms with van der Waals surface area (Å²) in [6.07, 6.45) is -0.740. The molecule has 25 heavy (non-hydrogen) atoms. The first-order valence-corrected chi connectivity index (χ1v) is 8.67. The van der Waals surface area contributed by atoms with E-state index >= 15 is 0 Å². The molecule has 0 N–H and O–H groups in total. The molecule has 0 amide bonds. The number of carbonyl (C=O) groups is 1. The maximum absolute atomic E-state index is 11.9. The van der Waals surface area contributed by atoms with Crippen LogP contribution >= 0.6 is 0 Å². The first kappa shape index (κ1) is 19.7. The van der Waals surface area contributed by atoms with Crippen molar-refractivity contribution >= 4 is 5.97 Å². The average molecular weight is 352 g/mol. The van der Waals surface area contributed by atoms with Crippen LogP contribution in [-0.4, -0.2) is 50.7 Å². The summed E-state index contributed by atoms with van der Waals surface area (Å²) in [4.78, 5) is 11.9. The minimum Gasteiger partial charge on any atom is -0.491 e. The molecule has 6 nitrogen and oxygen atoms in total. The van der Waals surface area contributed by atoms with Gasteiger partial charge in [0.15, 0.2) is 6.10 Å². The van der Waals surface area contributed by atoms with Crippen LogP contribution in [0.1, 0.15) is 39.4 Å². The van der Waals surface area contributed by atoms with Crippen LogP contribution in [0, 0.1) is 0 Å². The predicted octanol–water partition coefficient (Wildman–Crippen LogP) is 2.90. The molecule has 0 saturated carbocycles. The highest BCUT2D eigenvalue weighted by molar-refractivity contribution is 5.78. The monoisotopic (exact) mass is 352 g/mol. The van der Waals surface area contributed by atoms with Gasteiger partial charge in [-0.2, -0.15) is 0 Å². The van der Waals surface area contributed by atoms with Crippen molar-refractivity contribution in [2.45, 2.75) is 45.5 Å². The highest BCUT2D eigenvalue weighted by Crippen LogP contribution is 2.40. The van der Waals surface area contributed by atoms with E-state index in [2.05, 4.69) is 0 Å². The van der Waals surface area contributed by atoms with Gasteiger partial charge >= 0.3 is 5.97 Å². The number of rotatable bonds is 10. The van der Waals surface area contributed by atoms with E-state index in [1.807, 2.05) is 52.0 Å². The minimum absolute atomic E-state index is 0.231. The summed E-state index contributed by atoms with van der Waals surface area (Å²) in [5.74, 6) is 0.439. The smallest absolute Gasteiger partial charge is 0.338 e. The van der Waals surface area contributed by atoms with Crippen molar-refractivity contribution < 1.29 is 28.5 Å². The quantitative estimate of drug-likeness (QED) is 0.366. The highest BCUT2D eigenvalue weighted by atomic mass is 16.6. The Morgan fingerprint density at radius 3 is 2.32 bits per heavy atom. The Balaban J connectivity index is 1.68. The van der Waals surface area contributed by atoms with Crippen LogP contribution in [0.2, 0.25) is 0 Å². The van der Waals surface area contributed by atoms with E-state index < -0.39 is 11.7 Å². The van der Waals surface area contributed by atoms with Crippen molar-refractivity contribution in [3.63, 3.8) is 0 Å². The molecule has 1 aliphatic heterocycles. The summed E-state index contributed by atoms with van der Waals surface area (Å²) in [6.45, 7) is 10.3. The van der Waals surface area contributed by atoms with Gasteiger partial charge in [0, 0.05) is 6.61 Å². The molecule has 1 heterocycles. The maximum Gasteiger partial charge on any atom is 0.338 e. The number of esters is 1. The van der Waals surface area contributed by atoms with Crippen molar-refractivity contribution in [2.24, 2.45) is 0 Å². The van der Waals surface area contributed by atoms with E-state index in [1.165, 1.54) is 0 Å². The average Bonchev–Trinajstić information content (AvgIpc) is 3.34. The Hall–Kier alpha value is -1.63. The lowest BCUT2D eigenvalue weighted by molar-refractivity contribution is -0.156. The van der Waals surface area contributed by atoms with Crippen molar-refractivity contribution in [3.05, 3.63) is 29.8 Å². The van der Waals surface area contributed by atoms with Gasteiger partial charge in [0.1, 0.15) is 24.1 Å². The Labute approximate surface area is 149 Å². The zero-order valence-corrected chi connectivity index (χ0v) is 15.4. The van der Waals surface area contributed by atoms with Gasteiger partial charge in [-0.15, -0.1) is 0 Å². The third-order valence-electron chi connectivity index (χ3n) is 3.41. The largest absolute Gasteiger partial charge is 0.491 e. The fraction of sp³-hybridized carbons (Fsp3) is 0.632. The van der Waals surface area contributed by atoms with Gasteiger partial charge < -0.3 is 23.7 Å². The summed E-state index contributed by atoms with van der Waals surface area (Å²) in [6, 6.07) is 7.54. The van der Waals surface area contributed by atoms with Gasteiger partial charge in [-0.1, -0.05) is 12.1 Å². The first-order valence-electron chi connectivity index (χ1n) is 8.67. The summed E-state index contributed by atoms with van der Waals surface area (Å²) >= 11 is 0. The molecule has 0 unspecified atom stereocenters. The lowest BCUT2D eigenvalue weighted by atomic mass is 10.1. The Kier molecular flexibility index (Phi) is 7.23. The zero-order valence-electron chi connectivity index (χ0n) is 15.4. The molecule has 0 bridgehead atoms. The third kappa shape index (κ3) is 7.02. The standard InChI is InChI=1S/C19H28O6/c1-5-21-10-11-22-12-13-23-15-8-6-14(7-9-15)16-17(24-16)18(20)25-19(2,3)4/h6-9,16-17H,5,10-13H2,1-4H3/t16-,17+/m1/s1. The second-order valence-electron chi connectivity index (χ2n) is 6.74. The van der Waals surface area contributed by atoms with Crippen LogP contribution in [-0.2, 0) is 23.7 Å². The number of ether oxygens (including phenoxy) is 5. The number of epoxide rings is 1. The van der Waals surface area contributed by atoms with Crippen LogP contribution in [0.15, 0.2) is 24.3 Å². The second kappa shape index (κ2) is 9.17. The molecule has 2 rings (SSSR count). The lowest BCUT2D eigenvalue weighted by Gasteiger charge is -2.18. The number of hydrogen-bond acceptors (Lipinski definition) is 6. The fourth-order valence-corrected chi connectivity index (χ4v) is 2.24. The summed E-state index contributed by atoms with van der Waals surface area (Å²) in [5.41, 5.74) is 0.437. The number of benzene rings is 1. The molecule has 0 spiro atoms. The van der Waals surface area contributed by atoms with Gasteiger partial charge in [0.05, 0.1) is 19.8 Å². The van der Waals surface area contributed by atoms with Crippen molar-refractivity contribution in [3.8, 4) is 5.75 Å². The van der Waals surface area contributed by atoms with Gasteiger partial charge in [-0.25, -0.2) is 4.79 Å². The van der Waals surface area contributed by atoms with E-state index in [1.54, 1.807) is 0 Å². The van der Waals surface area contributed by atoms with E-state index in [4.69, 9.17) is 23.7 Å². The molecule has 0 aliphatic carbocycles. The molecule has 1 aromatic carbocycles. The molecule has 1 aliphatic rings. The molecular weight excluding hydrogens is 324 g/mol. The predicted molar refractivity (Wildman–Crippen MR) is 92.7 cm³/mol. The molecule has 0 radical (unpaired) electrons. The van der Waals surface area contributed by atoms with Crippen LogP contribution in [0.25, 0.3) is 0 Å². The number of carbonyl (C=O) groups excluding carboxylic acids is 1. The molecule has 6 heteroatoms. The summed E-state index contributed by atoms with van der Waals surface area (Å²) in [5, 5.41) is 0. The third-order valence-corrected chi connectivity index (χ3v) is 3.41.